The van der Waals surface area contributed by atoms with Crippen molar-refractivity contribution in [3.63, 3.8) is 0 Å². The normalized spacial score (nSPS) is 12.1. The van der Waals surface area contributed by atoms with Crippen molar-refractivity contribution in [2.24, 2.45) is 0 Å². The fourth-order valence-corrected chi connectivity index (χ4v) is 2.68. The van der Waals surface area contributed by atoms with E-state index in [4.69, 9.17) is 5.11 Å². The van der Waals surface area contributed by atoms with Crippen LogP contribution < -0.4 is 0 Å². The average molecular weight is 329 g/mol. The first-order valence-electron chi connectivity index (χ1n) is 9.21. The van der Waals surface area contributed by atoms with Crippen molar-refractivity contribution in [3.05, 3.63) is 0 Å². The Kier molecular flexibility index (Phi) is 13.8. The molecule has 0 aromatic heterocycles. The number of carbonyl (C=O) groups excluding carboxylic acids is 1. The second kappa shape index (κ2) is 14.5. The maximum atomic E-state index is 11.9. The highest BCUT2D eigenvalue weighted by Gasteiger charge is 2.23. The molecular weight excluding hydrogens is 294 g/mol. The molecule has 5 nitrogen and oxygen atoms in total. The number of hydrogen-bond donors (Lipinski definition) is 2. The molecule has 0 spiro atoms. The zero-order chi connectivity index (χ0) is 17.5. The van der Waals surface area contributed by atoms with Crippen LogP contribution in [0.1, 0.15) is 84.5 Å². The SMILES string of the molecule is CCCCCCCCCCCCN(CC)C(=O)C(O)CC(=O)O. The molecule has 0 bridgehead atoms. The zero-order valence-electron chi connectivity index (χ0n) is 14.9. The molecule has 136 valence electrons. The van der Waals surface area contributed by atoms with Crippen LogP contribution in [0.5, 0.6) is 0 Å². The first-order chi connectivity index (χ1) is 11.0. The largest absolute Gasteiger partial charge is 0.481 e. The summed E-state index contributed by atoms with van der Waals surface area (Å²) in [6, 6.07) is 0. The summed E-state index contributed by atoms with van der Waals surface area (Å²) >= 11 is 0. The molecule has 2 N–H and O–H groups in total. The number of likely N-dealkylation sites (N-methyl/N-ethyl adjacent to an activating group) is 1. The fraction of sp³-hybridized carbons (Fsp3) is 0.889. The molecule has 0 heterocycles. The molecule has 0 aromatic rings. The number of carboxylic acids is 1. The minimum atomic E-state index is -1.42. The lowest BCUT2D eigenvalue weighted by Crippen LogP contribution is -2.40. The summed E-state index contributed by atoms with van der Waals surface area (Å²) < 4.78 is 0. The zero-order valence-corrected chi connectivity index (χ0v) is 14.9. The van der Waals surface area contributed by atoms with Crippen molar-refractivity contribution in [1.82, 2.24) is 4.90 Å². The Bertz CT molecular complexity index is 320. The quantitative estimate of drug-likeness (QED) is 0.450. The maximum Gasteiger partial charge on any atom is 0.306 e. The number of carbonyl (C=O) groups is 2. The van der Waals surface area contributed by atoms with E-state index in [-0.39, 0.29) is 0 Å². The third-order valence-corrected chi connectivity index (χ3v) is 4.13. The number of aliphatic carboxylic acids is 1. The van der Waals surface area contributed by atoms with E-state index in [0.717, 1.165) is 12.8 Å². The van der Waals surface area contributed by atoms with Crippen LogP contribution in [-0.2, 0) is 9.59 Å². The predicted molar refractivity (Wildman–Crippen MR) is 92.4 cm³/mol. The molecule has 1 amide bonds. The number of hydrogen-bond acceptors (Lipinski definition) is 3. The van der Waals surface area contributed by atoms with Gasteiger partial charge in [0.15, 0.2) is 0 Å². The van der Waals surface area contributed by atoms with Gasteiger partial charge in [-0.1, -0.05) is 64.7 Å². The van der Waals surface area contributed by atoms with Crippen molar-refractivity contribution in [2.75, 3.05) is 13.1 Å². The van der Waals surface area contributed by atoms with Crippen LogP contribution in [-0.4, -0.2) is 46.2 Å². The molecule has 0 aliphatic rings. The van der Waals surface area contributed by atoms with Gasteiger partial charge in [0, 0.05) is 13.1 Å². The molecule has 0 saturated heterocycles. The van der Waals surface area contributed by atoms with Gasteiger partial charge in [-0.3, -0.25) is 9.59 Å². The number of unbranched alkanes of at least 4 members (excludes halogenated alkanes) is 9. The lowest BCUT2D eigenvalue weighted by molar-refractivity contribution is -0.148. The highest BCUT2D eigenvalue weighted by atomic mass is 16.4. The van der Waals surface area contributed by atoms with E-state index in [1.54, 1.807) is 4.90 Å². The van der Waals surface area contributed by atoms with Gasteiger partial charge in [-0.15, -0.1) is 0 Å². The molecule has 0 aromatic carbocycles. The van der Waals surface area contributed by atoms with Gasteiger partial charge in [-0.05, 0) is 13.3 Å². The van der Waals surface area contributed by atoms with Crippen molar-refractivity contribution < 1.29 is 19.8 Å². The molecule has 23 heavy (non-hydrogen) atoms. The summed E-state index contributed by atoms with van der Waals surface area (Å²) in [5.41, 5.74) is 0. The van der Waals surface area contributed by atoms with Crippen molar-refractivity contribution >= 4 is 11.9 Å². The van der Waals surface area contributed by atoms with Crippen LogP contribution in [0.2, 0.25) is 0 Å². The average Bonchev–Trinajstić information content (AvgIpc) is 2.51. The summed E-state index contributed by atoms with van der Waals surface area (Å²) in [5, 5.41) is 18.2. The van der Waals surface area contributed by atoms with E-state index in [2.05, 4.69) is 6.92 Å². The Morgan fingerprint density at radius 3 is 1.78 bits per heavy atom. The third-order valence-electron chi connectivity index (χ3n) is 4.13. The molecular formula is C18H35NO4. The molecule has 0 fully saturated rings. The summed E-state index contributed by atoms with van der Waals surface area (Å²) in [6.45, 7) is 5.18. The van der Waals surface area contributed by atoms with Gasteiger partial charge in [-0.2, -0.15) is 0 Å². The second-order valence-electron chi connectivity index (χ2n) is 6.21. The molecule has 1 unspecified atom stereocenters. The molecule has 5 heteroatoms. The predicted octanol–water partition coefficient (Wildman–Crippen LogP) is 3.59. The van der Waals surface area contributed by atoms with E-state index in [1.165, 1.54) is 51.4 Å². The highest BCUT2D eigenvalue weighted by Crippen LogP contribution is 2.11. The van der Waals surface area contributed by atoms with Crippen LogP contribution in [0.15, 0.2) is 0 Å². The lowest BCUT2D eigenvalue weighted by Gasteiger charge is -2.23. The topological polar surface area (TPSA) is 77.8 Å². The van der Waals surface area contributed by atoms with Crippen LogP contribution in [0.4, 0.5) is 0 Å². The Morgan fingerprint density at radius 1 is 0.870 bits per heavy atom. The smallest absolute Gasteiger partial charge is 0.306 e. The van der Waals surface area contributed by atoms with Gasteiger partial charge in [0.25, 0.3) is 5.91 Å². The lowest BCUT2D eigenvalue weighted by atomic mass is 10.1. The number of carboxylic acid groups (broad SMARTS) is 1. The van der Waals surface area contributed by atoms with Gasteiger partial charge in [0.1, 0.15) is 6.10 Å². The number of rotatable bonds is 15. The third kappa shape index (κ3) is 12.0. The standard InChI is InChI=1S/C18H35NO4/c1-3-5-6-7-8-9-10-11-12-13-14-19(4-2)18(23)16(20)15-17(21)22/h16,20H,3-15H2,1-2H3,(H,21,22). The molecule has 0 saturated carbocycles. The molecule has 0 radical (unpaired) electrons. The van der Waals surface area contributed by atoms with Crippen LogP contribution in [0.3, 0.4) is 0 Å². The Hall–Kier alpha value is -1.10. The van der Waals surface area contributed by atoms with Crippen LogP contribution in [0.25, 0.3) is 0 Å². The summed E-state index contributed by atoms with van der Waals surface area (Å²) in [6.07, 6.45) is 10.4. The maximum absolute atomic E-state index is 11.9. The van der Waals surface area contributed by atoms with Crippen molar-refractivity contribution in [1.29, 1.82) is 0 Å². The Morgan fingerprint density at radius 2 is 1.35 bits per heavy atom. The van der Waals surface area contributed by atoms with Gasteiger partial charge in [0.2, 0.25) is 0 Å². The number of aliphatic hydroxyl groups is 1. The molecule has 0 aliphatic carbocycles. The first-order valence-corrected chi connectivity index (χ1v) is 9.21. The van der Waals surface area contributed by atoms with Gasteiger partial charge in [-0.25, -0.2) is 0 Å². The van der Waals surface area contributed by atoms with Crippen LogP contribution in [0, 0.1) is 0 Å². The summed E-state index contributed by atoms with van der Waals surface area (Å²) in [4.78, 5) is 24.0. The monoisotopic (exact) mass is 329 g/mol. The van der Waals surface area contributed by atoms with Gasteiger partial charge >= 0.3 is 5.97 Å². The molecule has 0 rings (SSSR count). The number of nitrogens with zero attached hydrogens (tertiary/aromatic N) is 1. The number of aliphatic hydroxyl groups excluding tert-OH is 1. The number of amides is 1. The summed E-state index contributed by atoms with van der Waals surface area (Å²) in [7, 11) is 0. The Labute approximate surface area is 141 Å². The fourth-order valence-electron chi connectivity index (χ4n) is 2.68. The van der Waals surface area contributed by atoms with Crippen LogP contribution >= 0.6 is 0 Å². The minimum absolute atomic E-state index is 0.467. The van der Waals surface area contributed by atoms with Gasteiger partial charge < -0.3 is 15.1 Å². The molecule has 0 aliphatic heterocycles. The molecule has 1 atom stereocenters. The van der Waals surface area contributed by atoms with E-state index in [0.29, 0.717) is 13.1 Å². The second-order valence-corrected chi connectivity index (χ2v) is 6.21. The van der Waals surface area contributed by atoms with E-state index in [9.17, 15) is 14.7 Å². The first kappa shape index (κ1) is 21.9. The summed E-state index contributed by atoms with van der Waals surface area (Å²) in [5.74, 6) is -1.62. The Balaban J connectivity index is 3.67. The van der Waals surface area contributed by atoms with Crippen molar-refractivity contribution in [3.8, 4) is 0 Å². The minimum Gasteiger partial charge on any atom is -0.481 e. The van der Waals surface area contributed by atoms with E-state index < -0.39 is 24.4 Å². The van der Waals surface area contributed by atoms with E-state index in [1.807, 2.05) is 6.92 Å². The highest BCUT2D eigenvalue weighted by molar-refractivity contribution is 5.85. The van der Waals surface area contributed by atoms with E-state index >= 15 is 0 Å². The van der Waals surface area contributed by atoms with Crippen molar-refractivity contribution in [2.45, 2.75) is 90.6 Å². The van der Waals surface area contributed by atoms with Gasteiger partial charge in [0.05, 0.1) is 6.42 Å².